The zero-order chi connectivity index (χ0) is 95.0. The van der Waals surface area contributed by atoms with Gasteiger partial charge in [0, 0.05) is 211 Å². The lowest BCUT2D eigenvalue weighted by atomic mass is 9.87. The number of carbonyl (C=O) groups excluding carboxylic acids is 3. The van der Waals surface area contributed by atoms with Gasteiger partial charge >= 0.3 is 0 Å². The van der Waals surface area contributed by atoms with Crippen LogP contribution in [0.1, 0.15) is 217 Å². The maximum absolute atomic E-state index is 12.0. The van der Waals surface area contributed by atoms with Crippen LogP contribution < -0.4 is 39.6 Å². The number of anilines is 7. The number of benzene rings is 7. The zero-order valence-electron chi connectivity index (χ0n) is 84.2. The molecule has 7 saturated heterocycles. The Bertz CT molecular complexity index is 4600. The van der Waals surface area contributed by atoms with Crippen LogP contribution in [0.25, 0.3) is 0 Å². The van der Waals surface area contributed by atoms with Gasteiger partial charge in [0.2, 0.25) is 27.7 Å². The molecule has 0 spiro atoms. The number of carbonyl (C=O) groups is 3. The van der Waals surface area contributed by atoms with Crippen molar-refractivity contribution >= 4 is 79.2 Å². The Balaban J connectivity index is 0.000000186. The number of halogens is 1. The topological polar surface area (TPSA) is 151 Å². The SMILES string of the molecule is CC(=O)N1CCN(c2ccc(C(C)(C)C)cc2)CC1.CC(C)(C)c1ccc(N2CCN(S(C)(=O)=O)CC2)cc1.CC(C)(C)c1ccc(N2CCOCC2)cc1.CC(C)(C)c1cccc(N2CCNCC2)c1.CC(C)(C)c1cccc(N2CCOCC2)c1.CCC(=O)N1CCN(c2ccc(C(C)(C)C)cc2)CC1.CN(C)C(=O)C1CCN(c2ccc(C(C)(C)C)cc2Cl)CC1. The minimum absolute atomic E-state index is 0.104. The van der Waals surface area contributed by atoms with Gasteiger partial charge in [-0.15, -0.1) is 0 Å². The number of rotatable bonds is 10. The standard InChI is InChI=1S/C18H27ClN2O.C17H26N2O.C16H24N2O.C15H24N2O2S.C14H22N2.2C14H21NO/c1-18(2,3)14-6-7-16(15(19)12-14)21-10-8-13(9-11-21)17(22)20(4)5;1-5-16(20)19-12-10-18(11-13-19)15-8-6-14(7-9-15)17(2,3)4;1-13(19)17-9-11-18(12-10-17)15-7-5-14(6-8-15)16(2,3)4;1-15(2,3)13-5-7-14(8-6-13)16-9-11-17(12-10-16)20(4,18)19;1-14(2,3)12-5-4-6-13(11-12)16-9-7-15-8-10-16;1-14(2,3)12-4-6-13(7-5-12)15-8-10-16-11-9-15;1-14(2,3)12-5-4-6-13(11-12)15-7-9-16-10-8-15/h6-7,12-13H,8-11H2,1-5H3;6-9H,5,10-13H2,1-4H3;5-8H,9-12H2,1-4H3;5-8H,9-12H2,1-4H3;4-6,11,15H,7-10H2,1-3H3;4-7H,8-11H2,1-3H3;4-6,11H,7-10H2,1-3H3. The average Bonchev–Trinajstić information content (AvgIpc) is 0.816. The summed E-state index contributed by atoms with van der Waals surface area (Å²) in [6.07, 6.45) is 3.68. The normalized spacial score (nSPS) is 17.2. The maximum atomic E-state index is 12.0. The summed E-state index contributed by atoms with van der Waals surface area (Å²) in [5, 5.41) is 4.20. The minimum atomic E-state index is -3.05. The summed E-state index contributed by atoms with van der Waals surface area (Å²) < 4.78 is 35.3. The van der Waals surface area contributed by atoms with Gasteiger partial charge < -0.3 is 63.8 Å². The van der Waals surface area contributed by atoms with Crippen LogP contribution in [0, 0.1) is 5.92 Å². The van der Waals surface area contributed by atoms with Crippen molar-refractivity contribution in [2.75, 3.05) is 225 Å². The number of sulfonamides is 1. The summed E-state index contributed by atoms with van der Waals surface area (Å²) in [5.74, 6) is 0.850. The van der Waals surface area contributed by atoms with Crippen LogP contribution in [-0.4, -0.2) is 236 Å². The van der Waals surface area contributed by atoms with Crippen LogP contribution in [0.4, 0.5) is 39.8 Å². The minimum Gasteiger partial charge on any atom is -0.378 e. The molecule has 19 nitrogen and oxygen atoms in total. The molecular formula is C108H165ClN12O7S. The van der Waals surface area contributed by atoms with E-state index in [1.165, 1.54) is 79.3 Å². The zero-order valence-corrected chi connectivity index (χ0v) is 85.8. The number of amides is 3. The molecule has 0 aliphatic carbocycles. The van der Waals surface area contributed by atoms with Crippen molar-refractivity contribution in [3.05, 3.63) is 208 Å². The highest BCUT2D eigenvalue weighted by Crippen LogP contribution is 2.37. The Hall–Kier alpha value is -8.37. The number of piperidine rings is 1. The summed E-state index contributed by atoms with van der Waals surface area (Å²) in [6, 6.07) is 59.4. The molecule has 0 unspecified atom stereocenters. The van der Waals surface area contributed by atoms with Gasteiger partial charge in [0.15, 0.2) is 0 Å². The van der Waals surface area contributed by atoms with Crippen molar-refractivity contribution < 1.29 is 32.3 Å². The Morgan fingerprint density at radius 2 is 0.659 bits per heavy atom. The Kier molecular flexibility index (Phi) is 38.9. The van der Waals surface area contributed by atoms with Crippen molar-refractivity contribution in [3.8, 4) is 0 Å². The highest BCUT2D eigenvalue weighted by Gasteiger charge is 2.31. The van der Waals surface area contributed by atoms with E-state index in [-0.39, 0.29) is 61.5 Å². The Morgan fingerprint density at radius 3 is 0.961 bits per heavy atom. The van der Waals surface area contributed by atoms with E-state index in [1.807, 2.05) is 30.8 Å². The third kappa shape index (κ3) is 33.4. The van der Waals surface area contributed by atoms with Crippen molar-refractivity contribution in [1.82, 2.24) is 24.3 Å². The molecule has 21 heteroatoms. The number of hydrogen-bond donors (Lipinski definition) is 1. The Labute approximate surface area is 786 Å². The van der Waals surface area contributed by atoms with Gasteiger partial charge in [-0.25, -0.2) is 8.42 Å². The summed E-state index contributed by atoms with van der Waals surface area (Å²) in [5.41, 5.74) is 19.7. The number of nitrogens with zero attached hydrogens (tertiary/aromatic N) is 11. The largest absolute Gasteiger partial charge is 0.378 e. The van der Waals surface area contributed by atoms with E-state index in [1.54, 1.807) is 16.1 Å². The summed E-state index contributed by atoms with van der Waals surface area (Å²) in [7, 11) is 0.609. The second kappa shape index (κ2) is 47.3. The van der Waals surface area contributed by atoms with Gasteiger partial charge in [0.05, 0.1) is 43.4 Å². The van der Waals surface area contributed by atoms with Gasteiger partial charge in [0.1, 0.15) is 0 Å². The predicted octanol–water partition coefficient (Wildman–Crippen LogP) is 19.7. The molecule has 14 rings (SSSR count). The molecule has 1 N–H and O–H groups in total. The highest BCUT2D eigenvalue weighted by molar-refractivity contribution is 7.88. The van der Waals surface area contributed by atoms with Gasteiger partial charge in [-0.2, -0.15) is 4.31 Å². The molecule has 7 fully saturated rings. The van der Waals surface area contributed by atoms with E-state index in [4.69, 9.17) is 21.1 Å². The third-order valence-corrected chi connectivity index (χ3v) is 27.1. The molecule has 7 heterocycles. The van der Waals surface area contributed by atoms with Crippen LogP contribution in [0.15, 0.2) is 164 Å². The van der Waals surface area contributed by atoms with E-state index in [2.05, 4.69) is 349 Å². The quantitative estimate of drug-likeness (QED) is 0.138. The lowest BCUT2D eigenvalue weighted by Crippen LogP contribution is -2.48. The third-order valence-electron chi connectivity index (χ3n) is 25.5. The van der Waals surface area contributed by atoms with E-state index < -0.39 is 10.0 Å². The molecule has 0 radical (unpaired) electrons. The first-order valence-electron chi connectivity index (χ1n) is 47.6. The second-order valence-corrected chi connectivity index (χ2v) is 45.4. The lowest BCUT2D eigenvalue weighted by Gasteiger charge is -2.36. The van der Waals surface area contributed by atoms with Gasteiger partial charge in [-0.3, -0.25) is 14.4 Å². The smallest absolute Gasteiger partial charge is 0.225 e. The maximum Gasteiger partial charge on any atom is 0.225 e. The number of morpholine rings is 2. The molecular weight excluding hydrogens is 1640 g/mol. The van der Waals surface area contributed by atoms with Crippen molar-refractivity contribution in [2.45, 2.75) is 216 Å². The van der Waals surface area contributed by atoms with E-state index in [9.17, 15) is 22.8 Å². The molecule has 3 amide bonds. The van der Waals surface area contributed by atoms with E-state index in [0.717, 1.165) is 181 Å². The number of ether oxygens (including phenoxy) is 2. The van der Waals surface area contributed by atoms with Crippen LogP contribution >= 0.6 is 11.6 Å². The first-order chi connectivity index (χ1) is 60.4. The molecule has 0 bridgehead atoms. The van der Waals surface area contributed by atoms with Crippen molar-refractivity contribution in [1.29, 1.82) is 0 Å². The molecule has 0 atom stereocenters. The number of piperazine rings is 4. The monoisotopic (exact) mass is 1810 g/mol. The van der Waals surface area contributed by atoms with E-state index >= 15 is 0 Å². The molecule has 7 aliphatic rings. The van der Waals surface area contributed by atoms with Gasteiger partial charge in [-0.1, -0.05) is 243 Å². The molecule has 0 saturated carbocycles. The highest BCUT2D eigenvalue weighted by atomic mass is 35.5. The molecule has 7 aromatic rings. The molecule has 7 aliphatic heterocycles. The predicted molar refractivity (Wildman–Crippen MR) is 548 cm³/mol. The van der Waals surface area contributed by atoms with Crippen LogP contribution in [0.2, 0.25) is 5.02 Å². The molecule has 129 heavy (non-hydrogen) atoms. The Morgan fingerprint density at radius 1 is 0.364 bits per heavy atom. The van der Waals surface area contributed by atoms with Crippen LogP contribution in [0.5, 0.6) is 0 Å². The fourth-order valence-corrected chi connectivity index (χ4v) is 17.7. The van der Waals surface area contributed by atoms with Gasteiger partial charge in [-0.05, 0) is 175 Å². The second-order valence-electron chi connectivity index (χ2n) is 43.0. The van der Waals surface area contributed by atoms with Crippen molar-refractivity contribution in [2.24, 2.45) is 5.92 Å². The molecule has 7 aromatic carbocycles. The molecule has 0 aromatic heterocycles. The van der Waals surface area contributed by atoms with Crippen LogP contribution in [-0.2, 0) is 71.8 Å². The fourth-order valence-electron chi connectivity index (χ4n) is 16.6. The fraction of sp³-hybridized carbons (Fsp3) is 0.583. The molecule has 712 valence electrons. The number of nitrogens with one attached hydrogen (secondary N) is 1. The van der Waals surface area contributed by atoms with Crippen LogP contribution in [0.3, 0.4) is 0 Å². The first-order valence-corrected chi connectivity index (χ1v) is 49.9. The lowest BCUT2D eigenvalue weighted by molar-refractivity contribution is -0.133. The van der Waals surface area contributed by atoms with Gasteiger partial charge in [0.25, 0.3) is 0 Å². The average molecular weight is 1810 g/mol. The van der Waals surface area contributed by atoms with Crippen molar-refractivity contribution in [3.63, 3.8) is 0 Å². The first kappa shape index (κ1) is 106. The van der Waals surface area contributed by atoms with E-state index in [0.29, 0.717) is 19.5 Å². The number of hydrogen-bond acceptors (Lipinski definition) is 15. The summed E-state index contributed by atoms with van der Waals surface area (Å²) in [4.78, 5) is 57.1. The summed E-state index contributed by atoms with van der Waals surface area (Å²) >= 11 is 6.50. The summed E-state index contributed by atoms with van der Waals surface area (Å²) in [6.45, 7) is 73.8.